The van der Waals surface area contributed by atoms with Crippen LogP contribution in [-0.2, 0) is 0 Å². The second-order valence-corrected chi connectivity index (χ2v) is 2.63. The molecule has 0 aliphatic heterocycles. The molecule has 12 heavy (non-hydrogen) atoms. The first kappa shape index (κ1) is 6.97. The van der Waals surface area contributed by atoms with E-state index >= 15 is 0 Å². The summed E-state index contributed by atoms with van der Waals surface area (Å²) in [4.78, 5) is 12.0. The molecule has 0 spiro atoms. The van der Waals surface area contributed by atoms with Gasteiger partial charge in [0.2, 0.25) is 0 Å². The van der Waals surface area contributed by atoms with E-state index in [4.69, 9.17) is 5.73 Å². The Balaban J connectivity index is 2.84. The molecule has 2 aromatic heterocycles. The zero-order valence-electron chi connectivity index (χ0n) is 6.65. The lowest BCUT2D eigenvalue weighted by Crippen LogP contribution is -1.95. The summed E-state index contributed by atoms with van der Waals surface area (Å²) in [5, 5.41) is 0.921. The predicted molar refractivity (Wildman–Crippen MR) is 46.5 cm³/mol. The molecule has 2 aromatic rings. The maximum atomic E-state index is 5.61. The Morgan fingerprint density at radius 1 is 1.42 bits per heavy atom. The Labute approximate surface area is 69.5 Å². The second kappa shape index (κ2) is 2.41. The highest BCUT2D eigenvalue weighted by Crippen LogP contribution is 2.13. The molecule has 2 N–H and O–H groups in total. The summed E-state index contributed by atoms with van der Waals surface area (Å²) in [7, 11) is 0. The minimum Gasteiger partial charge on any atom is -0.383 e. The average Bonchev–Trinajstić information content (AvgIpc) is 2.07. The van der Waals surface area contributed by atoms with Crippen molar-refractivity contribution < 1.29 is 0 Å². The molecule has 60 valence electrons. The highest BCUT2D eigenvalue weighted by atomic mass is 14.9. The van der Waals surface area contributed by atoms with E-state index in [2.05, 4.69) is 15.0 Å². The topological polar surface area (TPSA) is 64.7 Å². The van der Waals surface area contributed by atoms with Gasteiger partial charge in [0.05, 0.1) is 0 Å². The van der Waals surface area contributed by atoms with Gasteiger partial charge in [-0.05, 0) is 18.6 Å². The van der Waals surface area contributed by atoms with E-state index in [-0.39, 0.29) is 0 Å². The number of fused-ring (bicyclic) bond motifs is 1. The number of aromatic nitrogens is 3. The number of pyridine rings is 1. The second-order valence-electron chi connectivity index (χ2n) is 2.63. The highest BCUT2D eigenvalue weighted by Gasteiger charge is 1.99. The molecule has 0 aromatic carbocycles. The van der Waals surface area contributed by atoms with Crippen molar-refractivity contribution in [2.45, 2.75) is 6.92 Å². The van der Waals surface area contributed by atoms with E-state index in [0.717, 1.165) is 10.9 Å². The molecule has 0 aliphatic rings. The molecule has 0 aliphatic carbocycles. The molecular formula is C8H8N4. The molecule has 2 rings (SSSR count). The van der Waals surface area contributed by atoms with Gasteiger partial charge >= 0.3 is 0 Å². The van der Waals surface area contributed by atoms with Crippen molar-refractivity contribution in [3.05, 3.63) is 24.2 Å². The van der Waals surface area contributed by atoms with Crippen molar-refractivity contribution in [1.82, 2.24) is 15.0 Å². The fourth-order valence-electron chi connectivity index (χ4n) is 1.04. The van der Waals surface area contributed by atoms with Crippen LogP contribution in [0.5, 0.6) is 0 Å². The number of aryl methyl sites for hydroxylation is 1. The molecule has 0 radical (unpaired) electrons. The number of nitrogens with zero attached hydrogens (tertiary/aromatic N) is 3. The Bertz CT molecular complexity index is 384. The maximum Gasteiger partial charge on any atom is 0.164 e. The van der Waals surface area contributed by atoms with Gasteiger partial charge in [-0.2, -0.15) is 0 Å². The monoisotopic (exact) mass is 160 g/mol. The molecule has 4 nitrogen and oxygen atoms in total. The lowest BCUT2D eigenvalue weighted by molar-refractivity contribution is 1.17. The van der Waals surface area contributed by atoms with Crippen LogP contribution in [-0.4, -0.2) is 15.0 Å². The van der Waals surface area contributed by atoms with Gasteiger partial charge in [-0.3, -0.25) is 0 Å². The third-order valence-electron chi connectivity index (χ3n) is 1.72. The molecule has 0 bridgehead atoms. The summed E-state index contributed by atoms with van der Waals surface area (Å²) >= 11 is 0. The van der Waals surface area contributed by atoms with Crippen molar-refractivity contribution in [1.29, 1.82) is 0 Å². The van der Waals surface area contributed by atoms with Gasteiger partial charge in [-0.25, -0.2) is 15.0 Å². The van der Waals surface area contributed by atoms with Gasteiger partial charge in [0.1, 0.15) is 12.1 Å². The average molecular weight is 160 g/mol. The van der Waals surface area contributed by atoms with E-state index in [1.54, 1.807) is 6.20 Å². The van der Waals surface area contributed by atoms with Gasteiger partial charge in [-0.1, -0.05) is 0 Å². The van der Waals surface area contributed by atoms with Gasteiger partial charge in [0.15, 0.2) is 5.65 Å². The third-order valence-corrected chi connectivity index (χ3v) is 1.72. The SMILES string of the molecule is Cc1cc2cncnc2nc1N. The van der Waals surface area contributed by atoms with Gasteiger partial charge in [0.25, 0.3) is 0 Å². The smallest absolute Gasteiger partial charge is 0.164 e. The largest absolute Gasteiger partial charge is 0.383 e. The molecule has 0 atom stereocenters. The first-order valence-corrected chi connectivity index (χ1v) is 3.60. The Kier molecular flexibility index (Phi) is 1.40. The molecule has 0 unspecified atom stereocenters. The van der Waals surface area contributed by atoms with Crippen LogP contribution in [0.1, 0.15) is 5.56 Å². The van der Waals surface area contributed by atoms with E-state index in [0.29, 0.717) is 11.5 Å². The summed E-state index contributed by atoms with van der Waals surface area (Å²) in [6.07, 6.45) is 3.19. The molecule has 0 saturated carbocycles. The molecule has 2 heterocycles. The number of hydrogen-bond donors (Lipinski definition) is 1. The minimum atomic E-state index is 0.529. The Morgan fingerprint density at radius 2 is 2.25 bits per heavy atom. The van der Waals surface area contributed by atoms with Crippen LogP contribution in [0.4, 0.5) is 5.82 Å². The highest BCUT2D eigenvalue weighted by molar-refractivity contribution is 5.76. The van der Waals surface area contributed by atoms with Crippen LogP contribution in [0.2, 0.25) is 0 Å². The van der Waals surface area contributed by atoms with Gasteiger partial charge in [0, 0.05) is 11.6 Å². The molecule has 4 heteroatoms. The first-order valence-electron chi connectivity index (χ1n) is 3.60. The van der Waals surface area contributed by atoms with Crippen LogP contribution in [0, 0.1) is 6.92 Å². The van der Waals surface area contributed by atoms with E-state index in [1.807, 2.05) is 13.0 Å². The van der Waals surface area contributed by atoms with Crippen molar-refractivity contribution in [2.24, 2.45) is 0 Å². The summed E-state index contributed by atoms with van der Waals surface area (Å²) in [6.45, 7) is 1.91. The number of anilines is 1. The fourth-order valence-corrected chi connectivity index (χ4v) is 1.04. The minimum absolute atomic E-state index is 0.529. The lowest BCUT2D eigenvalue weighted by atomic mass is 10.2. The number of nitrogen functional groups attached to an aromatic ring is 1. The van der Waals surface area contributed by atoms with E-state index in [1.165, 1.54) is 6.33 Å². The van der Waals surface area contributed by atoms with Crippen LogP contribution in [0.25, 0.3) is 11.0 Å². The summed E-state index contributed by atoms with van der Waals surface area (Å²) in [5.74, 6) is 0.529. The van der Waals surface area contributed by atoms with Crippen molar-refractivity contribution in [3.63, 3.8) is 0 Å². The Hall–Kier alpha value is -1.71. The third kappa shape index (κ3) is 0.972. The van der Waals surface area contributed by atoms with Crippen molar-refractivity contribution in [2.75, 3.05) is 5.73 Å². The van der Waals surface area contributed by atoms with Crippen LogP contribution in [0.15, 0.2) is 18.6 Å². The zero-order valence-corrected chi connectivity index (χ0v) is 6.65. The lowest BCUT2D eigenvalue weighted by Gasteiger charge is -1.99. The fraction of sp³-hybridized carbons (Fsp3) is 0.125. The predicted octanol–water partition coefficient (Wildman–Crippen LogP) is 0.915. The zero-order chi connectivity index (χ0) is 8.55. The number of nitrogens with two attached hydrogens (primary N) is 1. The van der Waals surface area contributed by atoms with Crippen molar-refractivity contribution in [3.8, 4) is 0 Å². The van der Waals surface area contributed by atoms with Crippen LogP contribution >= 0.6 is 0 Å². The van der Waals surface area contributed by atoms with Crippen molar-refractivity contribution >= 4 is 16.9 Å². The quantitative estimate of drug-likeness (QED) is 0.622. The number of hydrogen-bond acceptors (Lipinski definition) is 4. The first-order chi connectivity index (χ1) is 5.77. The molecule has 0 fully saturated rings. The van der Waals surface area contributed by atoms with Gasteiger partial charge in [-0.15, -0.1) is 0 Å². The van der Waals surface area contributed by atoms with E-state index < -0.39 is 0 Å². The van der Waals surface area contributed by atoms with Crippen LogP contribution in [0.3, 0.4) is 0 Å². The van der Waals surface area contributed by atoms with E-state index in [9.17, 15) is 0 Å². The molecule has 0 amide bonds. The molecule has 0 saturated heterocycles. The molecular weight excluding hydrogens is 152 g/mol. The number of rotatable bonds is 0. The maximum absolute atomic E-state index is 5.61. The summed E-state index contributed by atoms with van der Waals surface area (Å²) in [6, 6.07) is 1.93. The van der Waals surface area contributed by atoms with Gasteiger partial charge < -0.3 is 5.73 Å². The summed E-state index contributed by atoms with van der Waals surface area (Å²) in [5.41, 5.74) is 7.22. The Morgan fingerprint density at radius 3 is 3.08 bits per heavy atom. The van der Waals surface area contributed by atoms with Crippen LogP contribution < -0.4 is 5.73 Å². The summed E-state index contributed by atoms with van der Waals surface area (Å²) < 4.78 is 0. The normalized spacial score (nSPS) is 10.4. The standard InChI is InChI=1S/C8H8N4/c1-5-2-6-3-10-4-11-8(6)12-7(5)9/h2-4H,1H3,(H2,9,10,11,12).